The fraction of sp³-hybridized carbons (Fsp3) is 0.571. The number of hydrogen-bond donors (Lipinski definition) is 0. The highest BCUT2D eigenvalue weighted by atomic mass is 16.1. The first kappa shape index (κ1) is 20.0. The van der Waals surface area contributed by atoms with E-state index in [2.05, 4.69) is 53.0 Å². The van der Waals surface area contributed by atoms with Gasteiger partial charge in [0.15, 0.2) is 0 Å². The Labute approximate surface area is 180 Å². The van der Waals surface area contributed by atoms with Gasteiger partial charge < -0.3 is 0 Å². The standard InChI is InChI=1S/C28H34O2/c1-17(27-13-11-19(15-23(27)29)25(27,3)4)21-9-7-8-10-22(21)18(2)28-14-12-20(16-24(28)30)26(28,5)6/h7-10,19-20H,1-2,11-16H2,3-6H3. The maximum absolute atomic E-state index is 13.3. The molecule has 0 saturated heterocycles. The monoisotopic (exact) mass is 402 g/mol. The van der Waals surface area contributed by atoms with E-state index in [0.29, 0.717) is 36.2 Å². The zero-order valence-electron chi connectivity index (χ0n) is 18.9. The fourth-order valence-corrected chi connectivity index (χ4v) is 8.24. The molecule has 4 saturated carbocycles. The Kier molecular flexibility index (Phi) is 3.89. The van der Waals surface area contributed by atoms with Gasteiger partial charge >= 0.3 is 0 Å². The van der Waals surface area contributed by atoms with E-state index in [4.69, 9.17) is 0 Å². The first-order chi connectivity index (χ1) is 14.0. The van der Waals surface area contributed by atoms with Crippen LogP contribution in [0.5, 0.6) is 0 Å². The zero-order chi connectivity index (χ0) is 21.7. The predicted molar refractivity (Wildman–Crippen MR) is 122 cm³/mol. The summed E-state index contributed by atoms with van der Waals surface area (Å²) in [6.07, 6.45) is 5.32. The van der Waals surface area contributed by atoms with E-state index in [9.17, 15) is 9.59 Å². The molecule has 2 heteroatoms. The number of carbonyl (C=O) groups is 2. The SMILES string of the molecule is C=C(c1ccccc1C(=C)C12CCC(CC1=O)C2(C)C)C12CCC(CC1=O)C2(C)C. The van der Waals surface area contributed by atoms with Crippen molar-refractivity contribution in [2.24, 2.45) is 33.5 Å². The minimum absolute atomic E-state index is 0.0746. The Morgan fingerprint density at radius 3 is 1.40 bits per heavy atom. The third-order valence-electron chi connectivity index (χ3n) is 10.4. The molecule has 0 spiro atoms. The summed E-state index contributed by atoms with van der Waals surface area (Å²) in [5, 5.41) is 0. The summed E-state index contributed by atoms with van der Waals surface area (Å²) >= 11 is 0. The lowest BCUT2D eigenvalue weighted by Crippen LogP contribution is -2.38. The minimum Gasteiger partial charge on any atom is -0.299 e. The largest absolute Gasteiger partial charge is 0.299 e. The quantitative estimate of drug-likeness (QED) is 0.576. The molecule has 30 heavy (non-hydrogen) atoms. The second-order valence-electron chi connectivity index (χ2n) is 11.5. The van der Waals surface area contributed by atoms with E-state index < -0.39 is 10.8 Å². The van der Waals surface area contributed by atoms with Crippen molar-refractivity contribution < 1.29 is 9.59 Å². The van der Waals surface area contributed by atoms with Crippen molar-refractivity contribution in [3.8, 4) is 0 Å². The predicted octanol–water partition coefficient (Wildman–Crippen LogP) is 6.50. The molecule has 5 rings (SSSR count). The van der Waals surface area contributed by atoms with Gasteiger partial charge in [-0.25, -0.2) is 0 Å². The van der Waals surface area contributed by atoms with E-state index in [1.165, 1.54) is 0 Å². The van der Waals surface area contributed by atoms with E-state index in [0.717, 1.165) is 48.0 Å². The maximum Gasteiger partial charge on any atom is 0.144 e. The van der Waals surface area contributed by atoms with E-state index in [1.54, 1.807) is 0 Å². The van der Waals surface area contributed by atoms with Crippen LogP contribution in [-0.4, -0.2) is 11.6 Å². The molecule has 4 aliphatic rings. The Bertz CT molecular complexity index is 928. The normalized spacial score (nSPS) is 37.7. The van der Waals surface area contributed by atoms with Crippen LogP contribution in [0.25, 0.3) is 11.1 Å². The van der Waals surface area contributed by atoms with Crippen molar-refractivity contribution >= 4 is 22.7 Å². The first-order valence-electron chi connectivity index (χ1n) is 11.6. The van der Waals surface area contributed by atoms with Crippen molar-refractivity contribution in [1.82, 2.24) is 0 Å². The molecule has 4 atom stereocenters. The van der Waals surface area contributed by atoms with Crippen molar-refractivity contribution in [1.29, 1.82) is 0 Å². The summed E-state index contributed by atoms with van der Waals surface area (Å²) in [5.74, 6) is 1.60. The van der Waals surface area contributed by atoms with Crippen LogP contribution in [0.2, 0.25) is 0 Å². The van der Waals surface area contributed by atoms with Gasteiger partial charge in [0.1, 0.15) is 11.6 Å². The Hall–Kier alpha value is -1.96. The van der Waals surface area contributed by atoms with Gasteiger partial charge in [-0.1, -0.05) is 65.1 Å². The van der Waals surface area contributed by atoms with Gasteiger partial charge in [-0.15, -0.1) is 0 Å². The molecule has 4 bridgehead atoms. The average molecular weight is 403 g/mol. The molecule has 0 heterocycles. The van der Waals surface area contributed by atoms with Gasteiger partial charge in [0, 0.05) is 12.8 Å². The summed E-state index contributed by atoms with van der Waals surface area (Å²) in [5.41, 5.74) is 2.83. The Morgan fingerprint density at radius 1 is 0.767 bits per heavy atom. The van der Waals surface area contributed by atoms with Gasteiger partial charge in [0.2, 0.25) is 0 Å². The highest BCUT2D eigenvalue weighted by Gasteiger charge is 2.67. The number of hydrogen-bond acceptors (Lipinski definition) is 2. The van der Waals surface area contributed by atoms with Crippen molar-refractivity contribution in [3.05, 3.63) is 48.6 Å². The number of allylic oxidation sites excluding steroid dienone is 2. The molecule has 1 aromatic rings. The second-order valence-corrected chi connectivity index (χ2v) is 11.5. The molecule has 4 unspecified atom stereocenters. The summed E-state index contributed by atoms with van der Waals surface area (Å²) in [6.45, 7) is 18.1. The van der Waals surface area contributed by atoms with Crippen LogP contribution in [0.3, 0.4) is 0 Å². The lowest BCUT2D eigenvalue weighted by molar-refractivity contribution is -0.126. The second kappa shape index (κ2) is 5.84. The maximum atomic E-state index is 13.3. The van der Waals surface area contributed by atoms with Crippen LogP contribution in [0.15, 0.2) is 37.4 Å². The molecule has 0 aromatic heterocycles. The Morgan fingerprint density at radius 2 is 1.13 bits per heavy atom. The molecule has 2 nitrogen and oxygen atoms in total. The number of carbonyl (C=O) groups excluding carboxylic acids is 2. The van der Waals surface area contributed by atoms with E-state index in [1.807, 2.05) is 12.1 Å². The molecule has 0 radical (unpaired) electrons. The lowest BCUT2D eigenvalue weighted by atomic mass is 9.60. The molecule has 0 amide bonds. The minimum atomic E-state index is -0.487. The molecule has 1 aromatic carbocycles. The molecule has 4 aliphatic carbocycles. The van der Waals surface area contributed by atoms with Gasteiger partial charge in [-0.2, -0.15) is 0 Å². The smallest absolute Gasteiger partial charge is 0.144 e. The summed E-state index contributed by atoms with van der Waals surface area (Å²) in [4.78, 5) is 26.5. The first-order valence-corrected chi connectivity index (χ1v) is 11.6. The van der Waals surface area contributed by atoms with Gasteiger partial charge in [0.25, 0.3) is 0 Å². The molecule has 0 N–H and O–H groups in total. The highest BCUT2D eigenvalue weighted by molar-refractivity contribution is 6.05. The van der Waals surface area contributed by atoms with E-state index >= 15 is 0 Å². The van der Waals surface area contributed by atoms with Gasteiger partial charge in [0.05, 0.1) is 10.8 Å². The zero-order valence-corrected chi connectivity index (χ0v) is 18.9. The van der Waals surface area contributed by atoms with Crippen LogP contribution in [0.4, 0.5) is 0 Å². The highest BCUT2D eigenvalue weighted by Crippen LogP contribution is 2.71. The van der Waals surface area contributed by atoms with Crippen molar-refractivity contribution in [2.45, 2.75) is 66.2 Å². The number of ketones is 2. The lowest BCUT2D eigenvalue weighted by Gasteiger charge is -2.41. The average Bonchev–Trinajstić information content (AvgIpc) is 3.26. The van der Waals surface area contributed by atoms with Gasteiger partial charge in [-0.3, -0.25) is 9.59 Å². The molecule has 158 valence electrons. The summed E-state index contributed by atoms with van der Waals surface area (Å²) in [7, 11) is 0. The van der Waals surface area contributed by atoms with Gasteiger partial charge in [-0.05, 0) is 70.6 Å². The number of benzene rings is 1. The molecule has 0 aliphatic heterocycles. The van der Waals surface area contributed by atoms with Crippen LogP contribution in [-0.2, 0) is 9.59 Å². The van der Waals surface area contributed by atoms with Crippen LogP contribution >= 0.6 is 0 Å². The topological polar surface area (TPSA) is 34.1 Å². The van der Waals surface area contributed by atoms with Crippen LogP contribution < -0.4 is 0 Å². The van der Waals surface area contributed by atoms with E-state index in [-0.39, 0.29) is 10.8 Å². The third kappa shape index (κ3) is 1.97. The number of rotatable bonds is 4. The summed E-state index contributed by atoms with van der Waals surface area (Å²) < 4.78 is 0. The van der Waals surface area contributed by atoms with Crippen LogP contribution in [0, 0.1) is 33.5 Å². The molecular weight excluding hydrogens is 368 g/mol. The van der Waals surface area contributed by atoms with Crippen molar-refractivity contribution in [2.75, 3.05) is 0 Å². The Balaban J connectivity index is 1.63. The van der Waals surface area contributed by atoms with Crippen LogP contribution in [0.1, 0.15) is 77.3 Å². The molecule has 4 fully saturated rings. The third-order valence-corrected chi connectivity index (χ3v) is 10.4. The number of Topliss-reactive ketones (excluding diaryl/α,β-unsaturated/α-hetero) is 2. The summed E-state index contributed by atoms with van der Waals surface area (Å²) in [6, 6.07) is 8.26. The number of fused-ring (bicyclic) bond motifs is 4. The molecular formula is C28H34O2. The fourth-order valence-electron chi connectivity index (χ4n) is 8.24. The van der Waals surface area contributed by atoms with Crippen molar-refractivity contribution in [3.63, 3.8) is 0 Å².